The van der Waals surface area contributed by atoms with Crippen molar-refractivity contribution in [2.24, 2.45) is 0 Å². The molecule has 1 fully saturated rings. The maximum atomic E-state index is 13.0. The summed E-state index contributed by atoms with van der Waals surface area (Å²) in [6.07, 6.45) is -0.413. The summed E-state index contributed by atoms with van der Waals surface area (Å²) in [5.74, 6) is -6.30. The SMILES string of the molecule is O=C(O)Cn1nnnc1SCC1=C(C(=O)O)N2C(=O)C(NC(=O)CCCC(C(=O)O)N3C(=O)c4ccccc4C3=O)[C@@H]2SC1. The first-order chi connectivity index (χ1) is 21.0. The fourth-order valence-corrected chi connectivity index (χ4v) is 7.39. The van der Waals surface area contributed by atoms with E-state index < -0.39 is 65.5 Å². The van der Waals surface area contributed by atoms with Crippen molar-refractivity contribution in [2.75, 3.05) is 11.5 Å². The highest BCUT2D eigenvalue weighted by molar-refractivity contribution is 8.01. The average Bonchev–Trinajstić information content (AvgIpc) is 3.52. The lowest BCUT2D eigenvalue weighted by molar-refractivity contribution is -0.150. The molecule has 0 radical (unpaired) electrons. The fraction of sp³-hybridized carbons (Fsp3) is 0.360. The first-order valence-electron chi connectivity index (χ1n) is 13.0. The minimum atomic E-state index is -1.49. The predicted molar refractivity (Wildman–Crippen MR) is 148 cm³/mol. The topological polar surface area (TPSA) is 242 Å². The number of benzene rings is 1. The van der Waals surface area contributed by atoms with Crippen LogP contribution in [0.25, 0.3) is 0 Å². The van der Waals surface area contributed by atoms with Gasteiger partial charge in [0.2, 0.25) is 11.1 Å². The summed E-state index contributed by atoms with van der Waals surface area (Å²) in [5, 5.41) is 41.4. The Hall–Kier alpha value is -4.78. The minimum absolute atomic E-state index is 0.0123. The summed E-state index contributed by atoms with van der Waals surface area (Å²) >= 11 is 2.25. The number of fused-ring (bicyclic) bond motifs is 2. The number of imide groups is 1. The van der Waals surface area contributed by atoms with Gasteiger partial charge in [-0.15, -0.1) is 16.9 Å². The lowest BCUT2D eigenvalue weighted by Crippen LogP contribution is -2.70. The third-order valence-corrected chi connectivity index (χ3v) is 9.41. The van der Waals surface area contributed by atoms with Gasteiger partial charge in [-0.2, -0.15) is 0 Å². The van der Waals surface area contributed by atoms with Crippen LogP contribution in [0.4, 0.5) is 0 Å². The number of hydrogen-bond donors (Lipinski definition) is 4. The van der Waals surface area contributed by atoms with E-state index in [0.717, 1.165) is 21.3 Å². The van der Waals surface area contributed by atoms with Crippen molar-refractivity contribution in [1.29, 1.82) is 0 Å². The number of thioether (sulfide) groups is 2. The molecule has 0 saturated carbocycles. The molecule has 0 spiro atoms. The number of carbonyl (C=O) groups is 7. The molecule has 4 heterocycles. The first-order valence-corrected chi connectivity index (χ1v) is 15.0. The Morgan fingerprint density at radius 1 is 1.07 bits per heavy atom. The highest BCUT2D eigenvalue weighted by Gasteiger charge is 2.54. The minimum Gasteiger partial charge on any atom is -0.480 e. The van der Waals surface area contributed by atoms with Gasteiger partial charge in [0.15, 0.2) is 0 Å². The van der Waals surface area contributed by atoms with Crippen LogP contribution < -0.4 is 5.32 Å². The molecule has 1 saturated heterocycles. The number of β-lactam (4-membered cyclic amide) rings is 1. The van der Waals surface area contributed by atoms with E-state index in [0.29, 0.717) is 10.5 Å². The van der Waals surface area contributed by atoms with Crippen LogP contribution in [0, 0.1) is 0 Å². The zero-order valence-electron chi connectivity index (χ0n) is 22.5. The Kier molecular flexibility index (Phi) is 8.68. The zero-order chi connectivity index (χ0) is 31.7. The van der Waals surface area contributed by atoms with E-state index in [2.05, 4.69) is 20.8 Å². The molecular weight excluding hydrogens is 622 g/mol. The van der Waals surface area contributed by atoms with Crippen LogP contribution >= 0.6 is 23.5 Å². The second kappa shape index (κ2) is 12.4. The molecule has 44 heavy (non-hydrogen) atoms. The summed E-state index contributed by atoms with van der Waals surface area (Å²) in [6, 6.07) is 3.50. The van der Waals surface area contributed by atoms with E-state index in [4.69, 9.17) is 5.11 Å². The number of carboxylic acids is 3. The molecule has 4 amide bonds. The van der Waals surface area contributed by atoms with Gasteiger partial charge in [0.1, 0.15) is 29.7 Å². The number of carboxylic acid groups (broad SMARTS) is 3. The smallest absolute Gasteiger partial charge is 0.352 e. The van der Waals surface area contributed by atoms with Crippen LogP contribution in [-0.4, -0.2) is 116 Å². The highest BCUT2D eigenvalue weighted by Crippen LogP contribution is 2.41. The van der Waals surface area contributed by atoms with Gasteiger partial charge in [0, 0.05) is 17.9 Å². The van der Waals surface area contributed by atoms with Crippen molar-refractivity contribution in [3.05, 3.63) is 46.7 Å². The van der Waals surface area contributed by atoms with E-state index in [1.165, 1.54) is 23.9 Å². The number of rotatable bonds is 13. The van der Waals surface area contributed by atoms with Gasteiger partial charge < -0.3 is 20.6 Å². The van der Waals surface area contributed by atoms with Crippen LogP contribution in [0.1, 0.15) is 40.0 Å². The van der Waals surface area contributed by atoms with Crippen LogP contribution in [-0.2, 0) is 30.5 Å². The van der Waals surface area contributed by atoms with E-state index in [1.807, 2.05) is 0 Å². The van der Waals surface area contributed by atoms with Gasteiger partial charge >= 0.3 is 17.9 Å². The number of nitrogens with zero attached hydrogens (tertiary/aromatic N) is 6. The monoisotopic (exact) mass is 645 g/mol. The molecule has 19 heteroatoms. The second-order valence-electron chi connectivity index (χ2n) is 9.79. The van der Waals surface area contributed by atoms with Crippen molar-refractivity contribution >= 4 is 65.1 Å². The number of hydrogen-bond acceptors (Lipinski definition) is 12. The lowest BCUT2D eigenvalue weighted by atomic mass is 10.0. The molecular formula is C25H23N7O10S2. The zero-order valence-corrected chi connectivity index (χ0v) is 24.1. The third-order valence-electron chi connectivity index (χ3n) is 7.03. The molecule has 230 valence electrons. The van der Waals surface area contributed by atoms with Crippen LogP contribution in [0.3, 0.4) is 0 Å². The molecule has 1 aromatic heterocycles. The number of nitrogens with one attached hydrogen (secondary N) is 1. The van der Waals surface area contributed by atoms with E-state index >= 15 is 0 Å². The fourth-order valence-electron chi connectivity index (χ4n) is 5.03. The Morgan fingerprint density at radius 2 is 1.75 bits per heavy atom. The van der Waals surface area contributed by atoms with Gasteiger partial charge in [-0.05, 0) is 41.0 Å². The quantitative estimate of drug-likeness (QED) is 0.122. The van der Waals surface area contributed by atoms with E-state index in [1.54, 1.807) is 12.1 Å². The first kappa shape index (κ1) is 30.7. The summed E-state index contributed by atoms with van der Waals surface area (Å²) in [6.45, 7) is -0.483. The number of tetrazole rings is 1. The predicted octanol–water partition coefficient (Wildman–Crippen LogP) is -0.492. The Morgan fingerprint density at radius 3 is 2.36 bits per heavy atom. The second-order valence-corrected chi connectivity index (χ2v) is 11.8. The van der Waals surface area contributed by atoms with Crippen molar-refractivity contribution in [3.8, 4) is 0 Å². The van der Waals surface area contributed by atoms with Crippen molar-refractivity contribution < 1.29 is 48.9 Å². The molecule has 3 atom stereocenters. The van der Waals surface area contributed by atoms with Crippen LogP contribution in [0.2, 0.25) is 0 Å². The van der Waals surface area contributed by atoms with Crippen molar-refractivity contribution in [3.63, 3.8) is 0 Å². The van der Waals surface area contributed by atoms with Crippen molar-refractivity contribution in [2.45, 2.75) is 48.4 Å². The van der Waals surface area contributed by atoms with E-state index in [-0.39, 0.29) is 52.7 Å². The van der Waals surface area contributed by atoms with Crippen molar-refractivity contribution in [1.82, 2.24) is 35.3 Å². The standard InChI is InChI=1S/C25H23N7O10S2/c33-15(7-3-6-14(23(39)40)31-19(36)12-4-1-2-5-13(12)20(31)37)26-17-21(38)32-18(24(41)42)11(9-43-22(17)32)10-44-25-27-28-29-30(25)8-16(34)35/h1-2,4-5,14,17,22H,3,6-10H2,(H,26,33)(H,34,35)(H,39,40)(H,41,42)/t14?,17?,22-/m0/s1. The molecule has 0 bridgehead atoms. The Balaban J connectivity index is 1.17. The van der Waals surface area contributed by atoms with Crippen LogP contribution in [0.5, 0.6) is 0 Å². The summed E-state index contributed by atoms with van der Waals surface area (Å²) in [7, 11) is 0. The highest BCUT2D eigenvalue weighted by atomic mass is 32.2. The Labute approximate surface area is 255 Å². The molecule has 2 aromatic rings. The maximum Gasteiger partial charge on any atom is 0.352 e. The number of carbonyl (C=O) groups excluding carboxylic acids is 4. The lowest BCUT2D eigenvalue weighted by Gasteiger charge is -2.49. The summed E-state index contributed by atoms with van der Waals surface area (Å²) < 4.78 is 1.05. The normalized spacial score (nSPS) is 19.8. The van der Waals surface area contributed by atoms with Gasteiger partial charge in [-0.1, -0.05) is 23.9 Å². The molecule has 0 aliphatic carbocycles. The molecule has 2 unspecified atom stereocenters. The van der Waals surface area contributed by atoms with E-state index in [9.17, 15) is 43.8 Å². The number of amides is 4. The van der Waals surface area contributed by atoms with Crippen LogP contribution in [0.15, 0.2) is 40.7 Å². The molecule has 17 nitrogen and oxygen atoms in total. The number of aromatic nitrogens is 4. The maximum absolute atomic E-state index is 13.0. The molecule has 5 rings (SSSR count). The summed E-state index contributed by atoms with van der Waals surface area (Å²) in [5.41, 5.74) is 0.364. The van der Waals surface area contributed by atoms with Gasteiger partial charge in [-0.25, -0.2) is 14.3 Å². The summed E-state index contributed by atoms with van der Waals surface area (Å²) in [4.78, 5) is 87.8. The molecule has 1 aromatic carbocycles. The third kappa shape index (κ3) is 5.74. The van der Waals surface area contributed by atoms with Gasteiger partial charge in [-0.3, -0.25) is 33.8 Å². The largest absolute Gasteiger partial charge is 0.480 e. The van der Waals surface area contributed by atoms with Gasteiger partial charge in [0.05, 0.1) is 11.1 Å². The molecule has 4 N–H and O–H groups in total. The van der Waals surface area contributed by atoms with Gasteiger partial charge in [0.25, 0.3) is 17.7 Å². The Bertz CT molecular complexity index is 1590. The average molecular weight is 646 g/mol. The molecule has 3 aliphatic heterocycles. The number of aliphatic carboxylic acids is 3. The molecule has 3 aliphatic rings.